The third-order valence-electron chi connectivity index (χ3n) is 2.60. The molecular formula is C10H2Br2N2S3. The molecule has 1 aromatic carbocycles. The van der Waals surface area contributed by atoms with Crippen LogP contribution in [0.15, 0.2) is 19.7 Å². The molecule has 0 radical (unpaired) electrons. The number of halogens is 2. The van der Waals surface area contributed by atoms with E-state index in [9.17, 15) is 0 Å². The monoisotopic (exact) mass is 404 g/mol. The van der Waals surface area contributed by atoms with Gasteiger partial charge in [0.1, 0.15) is 5.52 Å². The highest BCUT2D eigenvalue weighted by atomic mass is 79.9. The lowest BCUT2D eigenvalue weighted by molar-refractivity contribution is 1.21. The topological polar surface area (TPSA) is 25.8 Å². The molecule has 4 aromatic rings. The van der Waals surface area contributed by atoms with Gasteiger partial charge in [-0.2, -0.15) is 0 Å². The first-order valence-electron chi connectivity index (χ1n) is 4.66. The van der Waals surface area contributed by atoms with Crippen LogP contribution in [-0.2, 0) is 0 Å². The van der Waals surface area contributed by atoms with Crippen molar-refractivity contribution in [3.63, 3.8) is 0 Å². The van der Waals surface area contributed by atoms with Crippen molar-refractivity contribution in [1.29, 1.82) is 0 Å². The van der Waals surface area contributed by atoms with Crippen LogP contribution in [0.3, 0.4) is 0 Å². The fourth-order valence-corrected chi connectivity index (χ4v) is 6.06. The number of nitrogens with zero attached hydrogens (tertiary/aromatic N) is 2. The molecule has 0 unspecified atom stereocenters. The zero-order chi connectivity index (χ0) is 11.6. The Labute approximate surface area is 125 Å². The van der Waals surface area contributed by atoms with Gasteiger partial charge >= 0.3 is 0 Å². The van der Waals surface area contributed by atoms with Crippen molar-refractivity contribution in [3.05, 3.63) is 19.7 Å². The lowest BCUT2D eigenvalue weighted by atomic mass is 10.2. The van der Waals surface area contributed by atoms with Crippen LogP contribution >= 0.6 is 66.1 Å². The first kappa shape index (κ1) is 10.8. The number of thiophene rings is 2. The minimum Gasteiger partial charge on any atom is -0.136 e. The molecule has 0 aliphatic carbocycles. The van der Waals surface area contributed by atoms with Crippen LogP contribution in [-0.4, -0.2) is 9.59 Å². The Morgan fingerprint density at radius 3 is 2.29 bits per heavy atom. The highest BCUT2D eigenvalue weighted by molar-refractivity contribution is 9.11. The molecule has 2 nitrogen and oxygen atoms in total. The molecular weight excluding hydrogens is 404 g/mol. The van der Waals surface area contributed by atoms with Gasteiger partial charge in [-0.15, -0.1) is 27.8 Å². The van der Waals surface area contributed by atoms with E-state index in [0.717, 1.165) is 13.1 Å². The van der Waals surface area contributed by atoms with Crippen LogP contribution in [0.2, 0.25) is 0 Å². The van der Waals surface area contributed by atoms with Crippen LogP contribution in [0.4, 0.5) is 0 Å². The summed E-state index contributed by atoms with van der Waals surface area (Å²) in [7, 11) is 0. The smallest absolute Gasteiger partial charge is 0.124 e. The zero-order valence-corrected chi connectivity index (χ0v) is 13.7. The van der Waals surface area contributed by atoms with Crippen LogP contribution in [0.1, 0.15) is 0 Å². The molecule has 0 N–H and O–H groups in total. The predicted molar refractivity (Wildman–Crippen MR) is 83.6 cm³/mol. The molecule has 0 amide bonds. The summed E-state index contributed by atoms with van der Waals surface area (Å²) >= 11 is 12.1. The molecule has 17 heavy (non-hydrogen) atoms. The van der Waals surface area contributed by atoms with Gasteiger partial charge in [0.2, 0.25) is 0 Å². The third-order valence-corrected chi connectivity index (χ3v) is 6.67. The van der Waals surface area contributed by atoms with Crippen LogP contribution < -0.4 is 0 Å². The Kier molecular flexibility index (Phi) is 2.36. The van der Waals surface area contributed by atoms with Crippen LogP contribution in [0.25, 0.3) is 30.4 Å². The molecule has 3 heterocycles. The Balaban J connectivity index is 2.46. The van der Waals surface area contributed by atoms with Crippen molar-refractivity contribution in [3.8, 4) is 0 Å². The van der Waals surface area contributed by atoms with E-state index >= 15 is 0 Å². The van der Waals surface area contributed by atoms with E-state index in [4.69, 9.17) is 0 Å². The molecule has 0 saturated carbocycles. The van der Waals surface area contributed by atoms with E-state index in [1.807, 2.05) is 0 Å². The van der Waals surface area contributed by atoms with E-state index in [1.165, 1.54) is 36.4 Å². The highest BCUT2D eigenvalue weighted by Crippen LogP contribution is 2.45. The Hall–Kier alpha value is -0.0800. The average Bonchev–Trinajstić information content (AvgIpc) is 2.91. The number of benzene rings is 1. The first-order chi connectivity index (χ1) is 8.24. The average molecular weight is 406 g/mol. The summed E-state index contributed by atoms with van der Waals surface area (Å²) in [5.74, 6) is 0. The fourth-order valence-electron chi connectivity index (χ4n) is 1.95. The maximum atomic E-state index is 4.27. The number of hydrogen-bond donors (Lipinski definition) is 0. The van der Waals surface area contributed by atoms with E-state index in [0.29, 0.717) is 0 Å². The summed E-state index contributed by atoms with van der Waals surface area (Å²) in [6, 6.07) is 4.33. The van der Waals surface area contributed by atoms with E-state index < -0.39 is 0 Å². The van der Waals surface area contributed by atoms with E-state index in [-0.39, 0.29) is 0 Å². The van der Waals surface area contributed by atoms with E-state index in [1.54, 1.807) is 22.7 Å². The van der Waals surface area contributed by atoms with Gasteiger partial charge in [-0.05, 0) is 55.5 Å². The van der Waals surface area contributed by atoms with Gasteiger partial charge in [0.05, 0.1) is 17.0 Å². The minimum absolute atomic E-state index is 1.03. The Bertz CT molecular complexity index is 803. The maximum Gasteiger partial charge on any atom is 0.124 e. The summed E-state index contributed by atoms with van der Waals surface area (Å²) in [6.45, 7) is 0. The number of hydrogen-bond acceptors (Lipinski definition) is 5. The second kappa shape index (κ2) is 3.71. The van der Waals surface area contributed by atoms with Gasteiger partial charge in [-0.25, -0.2) is 0 Å². The van der Waals surface area contributed by atoms with Crippen molar-refractivity contribution in [1.82, 2.24) is 9.59 Å². The van der Waals surface area contributed by atoms with Crippen molar-refractivity contribution in [2.75, 3.05) is 0 Å². The lowest BCUT2D eigenvalue weighted by Crippen LogP contribution is -1.70. The third kappa shape index (κ3) is 1.46. The summed E-state index contributed by atoms with van der Waals surface area (Å²) in [4.78, 5) is 0. The van der Waals surface area contributed by atoms with Crippen LogP contribution in [0.5, 0.6) is 0 Å². The van der Waals surface area contributed by atoms with Crippen molar-refractivity contribution in [2.24, 2.45) is 0 Å². The SMILES string of the molecule is Brc1cc2c(s1)c1cc(Br)sc1c1nnsc21. The molecule has 7 heteroatoms. The standard InChI is InChI=1S/C10H2Br2N2S3/c11-5-2-4-8(15-5)3-1-6(12)16-9(3)7-10(4)17-14-13-7/h1-2H. The number of aromatic nitrogens is 2. The summed E-state index contributed by atoms with van der Waals surface area (Å²) in [5.41, 5.74) is 1.03. The largest absolute Gasteiger partial charge is 0.136 e. The van der Waals surface area contributed by atoms with Gasteiger partial charge in [-0.1, -0.05) is 4.49 Å². The second-order valence-electron chi connectivity index (χ2n) is 3.54. The van der Waals surface area contributed by atoms with E-state index in [2.05, 4.69) is 53.6 Å². The van der Waals surface area contributed by atoms with Gasteiger partial charge in [-0.3, -0.25) is 0 Å². The van der Waals surface area contributed by atoms with Crippen molar-refractivity contribution >= 4 is 96.5 Å². The predicted octanol–water partition coefficient (Wildman–Crippen LogP) is 5.65. The van der Waals surface area contributed by atoms with Gasteiger partial charge < -0.3 is 0 Å². The molecule has 0 atom stereocenters. The molecule has 0 aliphatic heterocycles. The summed E-state index contributed by atoms with van der Waals surface area (Å²) in [5, 5.41) is 6.79. The normalized spacial score (nSPS) is 12.1. The lowest BCUT2D eigenvalue weighted by Gasteiger charge is -1.93. The quantitative estimate of drug-likeness (QED) is 0.378. The van der Waals surface area contributed by atoms with Crippen molar-refractivity contribution < 1.29 is 0 Å². The minimum atomic E-state index is 1.03. The molecule has 3 aromatic heterocycles. The Morgan fingerprint density at radius 2 is 1.53 bits per heavy atom. The molecule has 0 spiro atoms. The maximum absolute atomic E-state index is 4.27. The molecule has 0 fully saturated rings. The number of fused-ring (bicyclic) bond motifs is 6. The molecule has 0 aliphatic rings. The summed E-state index contributed by atoms with van der Waals surface area (Å²) < 4.78 is 10.1. The zero-order valence-electron chi connectivity index (χ0n) is 8.03. The van der Waals surface area contributed by atoms with Gasteiger partial charge in [0, 0.05) is 15.5 Å². The Morgan fingerprint density at radius 1 is 0.882 bits per heavy atom. The van der Waals surface area contributed by atoms with Crippen molar-refractivity contribution in [2.45, 2.75) is 0 Å². The molecule has 0 saturated heterocycles. The van der Waals surface area contributed by atoms with Crippen LogP contribution in [0, 0.1) is 0 Å². The highest BCUT2D eigenvalue weighted by Gasteiger charge is 2.16. The summed E-state index contributed by atoms with van der Waals surface area (Å²) in [6.07, 6.45) is 0. The fraction of sp³-hybridized carbons (Fsp3) is 0. The van der Waals surface area contributed by atoms with Gasteiger partial charge in [0.15, 0.2) is 0 Å². The molecule has 0 bridgehead atoms. The number of rotatable bonds is 0. The van der Waals surface area contributed by atoms with Gasteiger partial charge in [0.25, 0.3) is 0 Å². The second-order valence-corrected chi connectivity index (χ2v) is 9.15. The molecule has 84 valence electrons. The first-order valence-corrected chi connectivity index (χ1v) is 8.65. The molecule has 4 rings (SSSR count).